The number of hydrogen-bond acceptors (Lipinski definition) is 3. The topological polar surface area (TPSA) is 77.8 Å². The Hall–Kier alpha value is -1.39. The molecule has 0 saturated carbocycles. The molecule has 1 aromatic carbocycles. The van der Waals surface area contributed by atoms with Crippen molar-refractivity contribution in [1.82, 2.24) is 0 Å². The van der Waals surface area contributed by atoms with Gasteiger partial charge in [-0.3, -0.25) is 0 Å². The Morgan fingerprint density at radius 2 is 1.93 bits per heavy atom. The van der Waals surface area contributed by atoms with Crippen LogP contribution in [0.25, 0.3) is 0 Å². The average Bonchev–Trinajstić information content (AvgIpc) is 2.17. The van der Waals surface area contributed by atoms with Gasteiger partial charge < -0.3 is 15.3 Å². The molecule has 0 saturated heterocycles. The first-order valence-corrected chi connectivity index (χ1v) is 4.56. The van der Waals surface area contributed by atoms with Crippen molar-refractivity contribution < 1.29 is 20.1 Å². The van der Waals surface area contributed by atoms with Crippen LogP contribution in [0.1, 0.15) is 24.2 Å². The van der Waals surface area contributed by atoms with Crippen molar-refractivity contribution in [3.63, 3.8) is 0 Å². The van der Waals surface area contributed by atoms with Crippen molar-refractivity contribution in [3.05, 3.63) is 35.4 Å². The normalized spacial score (nSPS) is 16.8. The lowest BCUT2D eigenvalue weighted by Crippen LogP contribution is -2.41. The van der Waals surface area contributed by atoms with Crippen LogP contribution in [0.15, 0.2) is 24.3 Å². The second-order valence-corrected chi connectivity index (χ2v) is 3.71. The van der Waals surface area contributed by atoms with E-state index >= 15 is 0 Å². The molecule has 0 aliphatic heterocycles. The number of carboxylic acid groups (broad SMARTS) is 1. The van der Waals surface area contributed by atoms with Gasteiger partial charge in [0.2, 0.25) is 0 Å². The molecule has 15 heavy (non-hydrogen) atoms. The fourth-order valence-corrected chi connectivity index (χ4v) is 1.31. The Morgan fingerprint density at radius 1 is 1.40 bits per heavy atom. The van der Waals surface area contributed by atoms with E-state index in [1.165, 1.54) is 0 Å². The number of carboxylic acids is 1. The maximum atomic E-state index is 10.7. The van der Waals surface area contributed by atoms with Gasteiger partial charge in [0.25, 0.3) is 0 Å². The fourth-order valence-electron chi connectivity index (χ4n) is 1.31. The summed E-state index contributed by atoms with van der Waals surface area (Å²) in [5.74, 6) is -1.45. The van der Waals surface area contributed by atoms with Crippen molar-refractivity contribution in [3.8, 4) is 0 Å². The van der Waals surface area contributed by atoms with Crippen molar-refractivity contribution in [2.75, 3.05) is 0 Å². The van der Waals surface area contributed by atoms with Crippen LogP contribution in [0.5, 0.6) is 0 Å². The summed E-state index contributed by atoms with van der Waals surface area (Å²) in [5, 5.41) is 28.1. The largest absolute Gasteiger partial charge is 0.479 e. The molecule has 0 aliphatic carbocycles. The molecular formula is C11H14O4. The third-order valence-electron chi connectivity index (χ3n) is 2.45. The van der Waals surface area contributed by atoms with E-state index in [-0.39, 0.29) is 0 Å². The van der Waals surface area contributed by atoms with Gasteiger partial charge in [-0.25, -0.2) is 4.79 Å². The molecule has 2 atom stereocenters. The number of aliphatic hydroxyl groups is 2. The zero-order chi connectivity index (χ0) is 11.6. The van der Waals surface area contributed by atoms with Gasteiger partial charge in [0.1, 0.15) is 6.10 Å². The van der Waals surface area contributed by atoms with Gasteiger partial charge >= 0.3 is 5.97 Å². The molecule has 0 radical (unpaired) electrons. The first-order chi connectivity index (χ1) is 6.87. The van der Waals surface area contributed by atoms with Crippen molar-refractivity contribution in [1.29, 1.82) is 0 Å². The number of aryl methyl sites for hydroxylation is 1. The number of hydrogen-bond donors (Lipinski definition) is 3. The number of aliphatic carboxylic acids is 1. The van der Waals surface area contributed by atoms with Crippen LogP contribution in [-0.2, 0) is 4.79 Å². The zero-order valence-electron chi connectivity index (χ0n) is 8.64. The van der Waals surface area contributed by atoms with E-state index < -0.39 is 17.7 Å². The maximum absolute atomic E-state index is 10.7. The highest BCUT2D eigenvalue weighted by molar-refractivity contribution is 5.77. The van der Waals surface area contributed by atoms with Crippen LogP contribution >= 0.6 is 0 Å². The van der Waals surface area contributed by atoms with Gasteiger partial charge in [0, 0.05) is 0 Å². The Bertz CT molecular complexity index is 371. The minimum atomic E-state index is -2.17. The summed E-state index contributed by atoms with van der Waals surface area (Å²) in [4.78, 5) is 10.7. The molecule has 0 fully saturated rings. The Morgan fingerprint density at radius 3 is 2.40 bits per heavy atom. The molecule has 0 amide bonds. The molecule has 0 aromatic heterocycles. The molecule has 4 heteroatoms. The van der Waals surface area contributed by atoms with Gasteiger partial charge in [-0.05, 0) is 25.0 Å². The number of aliphatic hydroxyl groups excluding tert-OH is 1. The molecule has 3 N–H and O–H groups in total. The van der Waals surface area contributed by atoms with E-state index in [2.05, 4.69) is 0 Å². The van der Waals surface area contributed by atoms with Crippen LogP contribution in [0, 0.1) is 6.92 Å². The third kappa shape index (κ3) is 2.16. The van der Waals surface area contributed by atoms with Gasteiger partial charge in [0.05, 0.1) is 0 Å². The molecular weight excluding hydrogens is 196 g/mol. The summed E-state index contributed by atoms with van der Waals surface area (Å²) < 4.78 is 0. The summed E-state index contributed by atoms with van der Waals surface area (Å²) in [5.41, 5.74) is -1.01. The highest BCUT2D eigenvalue weighted by Gasteiger charge is 2.39. The Balaban J connectivity index is 3.10. The number of benzene rings is 1. The van der Waals surface area contributed by atoms with Gasteiger partial charge in [-0.15, -0.1) is 0 Å². The van der Waals surface area contributed by atoms with Crippen LogP contribution in [-0.4, -0.2) is 26.9 Å². The number of carbonyl (C=O) groups is 1. The first kappa shape index (κ1) is 11.7. The number of rotatable bonds is 3. The summed E-state index contributed by atoms with van der Waals surface area (Å²) in [6.45, 7) is 2.82. The smallest absolute Gasteiger partial charge is 0.338 e. The first-order valence-electron chi connectivity index (χ1n) is 4.56. The third-order valence-corrected chi connectivity index (χ3v) is 2.45. The predicted octanol–water partition coefficient (Wildman–Crippen LogP) is 0.864. The molecule has 1 unspecified atom stereocenters. The fraction of sp³-hybridized carbons (Fsp3) is 0.364. The molecule has 0 aliphatic rings. The monoisotopic (exact) mass is 210 g/mol. The lowest BCUT2D eigenvalue weighted by atomic mass is 9.90. The molecule has 0 bridgehead atoms. The molecule has 82 valence electrons. The van der Waals surface area contributed by atoms with Gasteiger partial charge in [-0.2, -0.15) is 0 Å². The molecule has 0 spiro atoms. The van der Waals surface area contributed by atoms with Crippen molar-refractivity contribution in [2.45, 2.75) is 25.6 Å². The van der Waals surface area contributed by atoms with Crippen LogP contribution in [0.3, 0.4) is 0 Å². The lowest BCUT2D eigenvalue weighted by Gasteiger charge is -2.25. The van der Waals surface area contributed by atoms with Crippen LogP contribution in [0.4, 0.5) is 0 Å². The molecule has 4 nitrogen and oxygen atoms in total. The second-order valence-electron chi connectivity index (χ2n) is 3.71. The highest BCUT2D eigenvalue weighted by atomic mass is 16.4. The average molecular weight is 210 g/mol. The Kier molecular flexibility index (Phi) is 3.12. The predicted molar refractivity (Wildman–Crippen MR) is 54.4 cm³/mol. The summed E-state index contributed by atoms with van der Waals surface area (Å²) >= 11 is 0. The lowest BCUT2D eigenvalue weighted by molar-refractivity contribution is -0.169. The van der Waals surface area contributed by atoms with Crippen molar-refractivity contribution in [2.24, 2.45) is 0 Å². The van der Waals surface area contributed by atoms with Crippen LogP contribution in [0.2, 0.25) is 0 Å². The molecule has 1 rings (SSSR count). The molecule has 1 aromatic rings. The van der Waals surface area contributed by atoms with Crippen LogP contribution < -0.4 is 0 Å². The van der Waals surface area contributed by atoms with Gasteiger partial charge in [-0.1, -0.05) is 24.3 Å². The van der Waals surface area contributed by atoms with E-state index in [9.17, 15) is 15.0 Å². The second kappa shape index (κ2) is 4.00. The summed E-state index contributed by atoms with van der Waals surface area (Å²) in [6, 6.07) is 6.80. The summed E-state index contributed by atoms with van der Waals surface area (Å²) in [6.07, 6.45) is -1.43. The van der Waals surface area contributed by atoms with E-state index in [4.69, 9.17) is 5.11 Å². The summed E-state index contributed by atoms with van der Waals surface area (Å²) in [7, 11) is 0. The maximum Gasteiger partial charge on any atom is 0.338 e. The van der Waals surface area contributed by atoms with E-state index in [0.717, 1.165) is 12.5 Å². The minimum absolute atomic E-state index is 0.421. The standard InChI is InChI=1S/C11H14O4/c1-7-5-3-4-6-8(7)9(12)11(2,15)10(13)14/h3-6,9,12,15H,1-2H3,(H,13,14)/t9-,11?/m0/s1. The van der Waals surface area contributed by atoms with E-state index in [0.29, 0.717) is 5.56 Å². The SMILES string of the molecule is Cc1ccccc1[C@H](O)C(C)(O)C(=O)O. The van der Waals surface area contributed by atoms with E-state index in [1.807, 2.05) is 0 Å². The van der Waals surface area contributed by atoms with Crippen molar-refractivity contribution >= 4 is 5.97 Å². The van der Waals surface area contributed by atoms with E-state index in [1.54, 1.807) is 31.2 Å². The van der Waals surface area contributed by atoms with Gasteiger partial charge in [0.15, 0.2) is 5.60 Å². The quantitative estimate of drug-likeness (QED) is 0.691. The minimum Gasteiger partial charge on any atom is -0.479 e. The molecule has 0 heterocycles. The zero-order valence-corrected chi connectivity index (χ0v) is 8.64. The highest BCUT2D eigenvalue weighted by Crippen LogP contribution is 2.27. The Labute approximate surface area is 87.8 Å².